The van der Waals surface area contributed by atoms with Crippen molar-refractivity contribution in [2.24, 2.45) is 5.92 Å². The van der Waals surface area contributed by atoms with E-state index in [4.69, 9.17) is 5.11 Å². The number of likely N-dealkylation sites (N-methyl/N-ethyl adjacent to an activating group) is 1. The zero-order chi connectivity index (χ0) is 7.28. The minimum atomic E-state index is 0.245. The van der Waals surface area contributed by atoms with Crippen molar-refractivity contribution < 1.29 is 5.11 Å². The predicted molar refractivity (Wildman–Crippen MR) is 39.4 cm³/mol. The van der Waals surface area contributed by atoms with Gasteiger partial charge in [-0.05, 0) is 19.4 Å². The lowest BCUT2D eigenvalue weighted by Crippen LogP contribution is -2.30. The Morgan fingerprint density at radius 2 is 2.00 bits per heavy atom. The minimum Gasteiger partial charge on any atom is -0.395 e. The summed E-state index contributed by atoms with van der Waals surface area (Å²) in [7, 11) is 1.88. The summed E-state index contributed by atoms with van der Waals surface area (Å²) in [4.78, 5) is 0. The quantitative estimate of drug-likeness (QED) is 0.586. The van der Waals surface area contributed by atoms with E-state index in [2.05, 4.69) is 19.2 Å². The molecule has 0 aliphatic rings. The smallest absolute Gasteiger partial charge is 0.0584 e. The molecule has 0 radical (unpaired) electrons. The van der Waals surface area contributed by atoms with E-state index in [0.717, 1.165) is 6.42 Å². The van der Waals surface area contributed by atoms with Crippen molar-refractivity contribution in [1.29, 1.82) is 0 Å². The van der Waals surface area contributed by atoms with Crippen molar-refractivity contribution in [3.63, 3.8) is 0 Å². The molecule has 0 rings (SSSR count). The lowest BCUT2D eigenvalue weighted by molar-refractivity contribution is 0.231. The third kappa shape index (κ3) is 4.43. The molecule has 0 fully saturated rings. The maximum Gasteiger partial charge on any atom is 0.0584 e. The zero-order valence-corrected chi connectivity index (χ0v) is 6.52. The summed E-state index contributed by atoms with van der Waals surface area (Å²) >= 11 is 0. The first kappa shape index (κ1) is 8.92. The van der Waals surface area contributed by atoms with Crippen LogP contribution in [0.5, 0.6) is 0 Å². The molecule has 0 spiro atoms. The highest BCUT2D eigenvalue weighted by atomic mass is 16.3. The van der Waals surface area contributed by atoms with Gasteiger partial charge in [0.1, 0.15) is 0 Å². The first-order valence-corrected chi connectivity index (χ1v) is 3.48. The number of aliphatic hydroxyl groups is 1. The average Bonchev–Trinajstić information content (AvgIpc) is 1.82. The van der Waals surface area contributed by atoms with Gasteiger partial charge in [-0.3, -0.25) is 0 Å². The molecule has 2 heteroatoms. The number of nitrogens with one attached hydrogen (secondary N) is 1. The van der Waals surface area contributed by atoms with Gasteiger partial charge in [0.2, 0.25) is 0 Å². The summed E-state index contributed by atoms with van der Waals surface area (Å²) in [6, 6.07) is 0.282. The van der Waals surface area contributed by atoms with Crippen LogP contribution in [0, 0.1) is 5.92 Å². The highest BCUT2D eigenvalue weighted by molar-refractivity contribution is 4.63. The maximum absolute atomic E-state index is 8.71. The second kappa shape index (κ2) is 4.77. The third-order valence-electron chi connectivity index (χ3n) is 1.38. The van der Waals surface area contributed by atoms with Crippen molar-refractivity contribution in [3.05, 3.63) is 0 Å². The van der Waals surface area contributed by atoms with Crippen LogP contribution in [0.25, 0.3) is 0 Å². The molecule has 0 heterocycles. The number of hydrogen-bond acceptors (Lipinski definition) is 2. The van der Waals surface area contributed by atoms with E-state index >= 15 is 0 Å². The summed E-state index contributed by atoms with van der Waals surface area (Å²) < 4.78 is 0. The van der Waals surface area contributed by atoms with Crippen LogP contribution >= 0.6 is 0 Å². The summed E-state index contributed by atoms with van der Waals surface area (Å²) in [5.41, 5.74) is 0. The molecule has 1 unspecified atom stereocenters. The van der Waals surface area contributed by atoms with Crippen LogP contribution in [0.1, 0.15) is 20.3 Å². The van der Waals surface area contributed by atoms with Crippen LogP contribution in [0.4, 0.5) is 0 Å². The molecule has 0 aromatic carbocycles. The fraction of sp³-hybridized carbons (Fsp3) is 1.00. The summed E-state index contributed by atoms with van der Waals surface area (Å²) in [5, 5.41) is 11.7. The second-order valence-electron chi connectivity index (χ2n) is 2.80. The Hall–Kier alpha value is -0.0800. The van der Waals surface area contributed by atoms with E-state index in [1.165, 1.54) is 0 Å². The summed E-state index contributed by atoms with van der Waals surface area (Å²) in [6.07, 6.45) is 1.05. The fourth-order valence-corrected chi connectivity index (χ4v) is 0.853. The lowest BCUT2D eigenvalue weighted by Gasteiger charge is -2.14. The van der Waals surface area contributed by atoms with Crippen LogP contribution in [-0.4, -0.2) is 24.8 Å². The van der Waals surface area contributed by atoms with Gasteiger partial charge in [0, 0.05) is 6.04 Å². The van der Waals surface area contributed by atoms with Crippen molar-refractivity contribution in [2.75, 3.05) is 13.7 Å². The van der Waals surface area contributed by atoms with Crippen molar-refractivity contribution >= 4 is 0 Å². The van der Waals surface area contributed by atoms with E-state index in [1.54, 1.807) is 0 Å². The van der Waals surface area contributed by atoms with E-state index in [9.17, 15) is 0 Å². The van der Waals surface area contributed by atoms with Gasteiger partial charge in [0.15, 0.2) is 0 Å². The van der Waals surface area contributed by atoms with E-state index in [0.29, 0.717) is 5.92 Å². The van der Waals surface area contributed by atoms with Gasteiger partial charge >= 0.3 is 0 Å². The molecule has 0 amide bonds. The molecule has 9 heavy (non-hydrogen) atoms. The molecule has 0 saturated carbocycles. The van der Waals surface area contributed by atoms with E-state index in [-0.39, 0.29) is 12.6 Å². The Bertz CT molecular complexity index is 59.9. The third-order valence-corrected chi connectivity index (χ3v) is 1.38. The molecule has 2 nitrogen and oxygen atoms in total. The molecule has 0 bridgehead atoms. The molecule has 0 saturated heterocycles. The Balaban J connectivity index is 3.31. The topological polar surface area (TPSA) is 32.3 Å². The molecular formula is C7H17NO. The Kier molecular flexibility index (Phi) is 4.72. The molecule has 1 atom stereocenters. The zero-order valence-electron chi connectivity index (χ0n) is 6.52. The summed E-state index contributed by atoms with van der Waals surface area (Å²) in [6.45, 7) is 4.55. The molecule has 56 valence electrons. The highest BCUT2D eigenvalue weighted by Crippen LogP contribution is 2.02. The summed E-state index contributed by atoms with van der Waals surface area (Å²) in [5.74, 6) is 0.662. The molecule has 2 N–H and O–H groups in total. The average molecular weight is 131 g/mol. The Morgan fingerprint density at radius 1 is 1.44 bits per heavy atom. The van der Waals surface area contributed by atoms with Crippen molar-refractivity contribution in [1.82, 2.24) is 5.32 Å². The number of rotatable bonds is 4. The largest absolute Gasteiger partial charge is 0.395 e. The van der Waals surface area contributed by atoms with Crippen LogP contribution in [0.15, 0.2) is 0 Å². The van der Waals surface area contributed by atoms with Gasteiger partial charge < -0.3 is 10.4 Å². The van der Waals surface area contributed by atoms with Gasteiger partial charge in [0.25, 0.3) is 0 Å². The molecule has 0 aromatic rings. The molecular weight excluding hydrogens is 114 g/mol. The minimum absolute atomic E-state index is 0.245. The first-order chi connectivity index (χ1) is 4.20. The van der Waals surface area contributed by atoms with Crippen LogP contribution < -0.4 is 5.32 Å². The van der Waals surface area contributed by atoms with Gasteiger partial charge in [-0.1, -0.05) is 13.8 Å². The van der Waals surface area contributed by atoms with Crippen molar-refractivity contribution in [2.45, 2.75) is 26.3 Å². The van der Waals surface area contributed by atoms with Crippen LogP contribution in [-0.2, 0) is 0 Å². The standard InChI is InChI=1S/C7H17NO/c1-6(2)4-7(5-9)8-3/h6-9H,4-5H2,1-3H3. The van der Waals surface area contributed by atoms with Gasteiger partial charge in [-0.25, -0.2) is 0 Å². The monoisotopic (exact) mass is 131 g/mol. The first-order valence-electron chi connectivity index (χ1n) is 3.48. The Morgan fingerprint density at radius 3 is 2.11 bits per heavy atom. The van der Waals surface area contributed by atoms with Gasteiger partial charge in [0.05, 0.1) is 6.61 Å². The van der Waals surface area contributed by atoms with Crippen LogP contribution in [0.2, 0.25) is 0 Å². The molecule has 0 aromatic heterocycles. The van der Waals surface area contributed by atoms with Crippen LogP contribution in [0.3, 0.4) is 0 Å². The van der Waals surface area contributed by atoms with Gasteiger partial charge in [-0.2, -0.15) is 0 Å². The second-order valence-corrected chi connectivity index (χ2v) is 2.80. The Labute approximate surface area is 57.3 Å². The highest BCUT2D eigenvalue weighted by Gasteiger charge is 2.04. The normalized spacial score (nSPS) is 14.3. The molecule has 0 aliphatic heterocycles. The van der Waals surface area contributed by atoms with Crippen molar-refractivity contribution in [3.8, 4) is 0 Å². The maximum atomic E-state index is 8.71. The van der Waals surface area contributed by atoms with E-state index < -0.39 is 0 Å². The fourth-order valence-electron chi connectivity index (χ4n) is 0.853. The van der Waals surface area contributed by atoms with E-state index in [1.807, 2.05) is 7.05 Å². The molecule has 0 aliphatic carbocycles. The predicted octanol–water partition coefficient (Wildman–Crippen LogP) is 0.613. The lowest BCUT2D eigenvalue weighted by atomic mass is 10.1. The number of aliphatic hydroxyl groups excluding tert-OH is 1. The van der Waals surface area contributed by atoms with Gasteiger partial charge in [-0.15, -0.1) is 0 Å². The SMILES string of the molecule is CNC(CO)CC(C)C. The number of hydrogen-bond donors (Lipinski definition) is 2.